The topological polar surface area (TPSA) is 38.5 Å². The van der Waals surface area contributed by atoms with Crippen molar-refractivity contribution in [2.45, 2.75) is 57.5 Å². The van der Waals surface area contributed by atoms with Crippen molar-refractivity contribution >= 4 is 0 Å². The molecule has 0 saturated heterocycles. The fraction of sp³-hybridized carbons (Fsp3) is 0.882. The van der Waals surface area contributed by atoms with Gasteiger partial charge in [0.25, 0.3) is 0 Å². The Morgan fingerprint density at radius 2 is 1.85 bits per heavy atom. The van der Waals surface area contributed by atoms with Gasteiger partial charge < -0.3 is 15.4 Å². The van der Waals surface area contributed by atoms with E-state index in [2.05, 4.69) is 18.5 Å². The molecule has 0 radical (unpaired) electrons. The first-order valence-corrected chi connectivity index (χ1v) is 8.37. The molecule has 118 valence electrons. The summed E-state index contributed by atoms with van der Waals surface area (Å²) in [5.41, 5.74) is 5.71. The quantitative estimate of drug-likeness (QED) is 0.467. The second kappa shape index (κ2) is 11.3. The fourth-order valence-electron chi connectivity index (χ4n) is 2.93. The number of hydrogen-bond acceptors (Lipinski definition) is 3. The molecule has 1 fully saturated rings. The molecule has 0 aliphatic heterocycles. The van der Waals surface area contributed by atoms with Gasteiger partial charge in [0.15, 0.2) is 0 Å². The summed E-state index contributed by atoms with van der Waals surface area (Å²) in [6.45, 7) is 7.73. The molecule has 1 saturated carbocycles. The highest BCUT2D eigenvalue weighted by Crippen LogP contribution is 2.25. The Balaban J connectivity index is 1.86. The van der Waals surface area contributed by atoms with Crippen LogP contribution in [-0.2, 0) is 4.74 Å². The van der Waals surface area contributed by atoms with Crippen molar-refractivity contribution in [3.05, 3.63) is 12.7 Å². The van der Waals surface area contributed by atoms with Crippen LogP contribution in [0.4, 0.5) is 0 Å². The van der Waals surface area contributed by atoms with E-state index in [1.54, 1.807) is 0 Å². The highest BCUT2D eigenvalue weighted by molar-refractivity contribution is 4.73. The Hall–Kier alpha value is -0.380. The van der Waals surface area contributed by atoms with E-state index in [1.807, 2.05) is 6.08 Å². The third kappa shape index (κ3) is 8.03. The van der Waals surface area contributed by atoms with Gasteiger partial charge in [0, 0.05) is 13.2 Å². The van der Waals surface area contributed by atoms with Gasteiger partial charge in [-0.1, -0.05) is 18.9 Å². The van der Waals surface area contributed by atoms with Crippen molar-refractivity contribution in [3.63, 3.8) is 0 Å². The molecule has 0 aromatic rings. The molecule has 3 nitrogen and oxygen atoms in total. The Morgan fingerprint density at radius 3 is 2.50 bits per heavy atom. The van der Waals surface area contributed by atoms with Crippen LogP contribution in [0.3, 0.4) is 0 Å². The Labute approximate surface area is 125 Å². The van der Waals surface area contributed by atoms with Crippen molar-refractivity contribution in [1.29, 1.82) is 0 Å². The second-order valence-corrected chi connectivity index (χ2v) is 6.21. The van der Waals surface area contributed by atoms with Crippen LogP contribution in [-0.4, -0.2) is 44.3 Å². The standard InChI is InChI=1S/C17H34N2O/c1-3-12-19(2)13-6-4-5-7-14-20-17-10-8-16(15-18)9-11-17/h3,16-17H,1,4-15,18H2,2H3. The first-order chi connectivity index (χ1) is 9.76. The van der Waals surface area contributed by atoms with Crippen molar-refractivity contribution in [3.8, 4) is 0 Å². The first kappa shape index (κ1) is 17.7. The normalized spacial score (nSPS) is 23.1. The Morgan fingerprint density at radius 1 is 1.15 bits per heavy atom. The molecule has 20 heavy (non-hydrogen) atoms. The maximum atomic E-state index is 5.98. The summed E-state index contributed by atoms with van der Waals surface area (Å²) in [6.07, 6.45) is 12.5. The predicted octanol–water partition coefficient (Wildman–Crippen LogP) is 3.20. The van der Waals surface area contributed by atoms with Crippen LogP contribution in [0.5, 0.6) is 0 Å². The van der Waals surface area contributed by atoms with Crippen molar-refractivity contribution < 1.29 is 4.74 Å². The van der Waals surface area contributed by atoms with Gasteiger partial charge >= 0.3 is 0 Å². The summed E-state index contributed by atoms with van der Waals surface area (Å²) in [5.74, 6) is 0.752. The SMILES string of the molecule is C=CCN(C)CCCCCCOC1CCC(CN)CC1. The van der Waals surface area contributed by atoms with Crippen LogP contribution >= 0.6 is 0 Å². The maximum absolute atomic E-state index is 5.98. The molecule has 1 aliphatic rings. The molecule has 0 atom stereocenters. The van der Waals surface area contributed by atoms with Crippen LogP contribution in [0.15, 0.2) is 12.7 Å². The minimum absolute atomic E-state index is 0.511. The number of ether oxygens (including phenoxy) is 1. The summed E-state index contributed by atoms with van der Waals surface area (Å²) in [6, 6.07) is 0. The summed E-state index contributed by atoms with van der Waals surface area (Å²) in [5, 5.41) is 0. The van der Waals surface area contributed by atoms with E-state index >= 15 is 0 Å². The van der Waals surface area contributed by atoms with Crippen LogP contribution in [0.25, 0.3) is 0 Å². The van der Waals surface area contributed by atoms with Gasteiger partial charge in [-0.3, -0.25) is 0 Å². The summed E-state index contributed by atoms with van der Waals surface area (Å²) < 4.78 is 5.98. The van der Waals surface area contributed by atoms with Gasteiger partial charge in [0.05, 0.1) is 6.10 Å². The molecule has 0 heterocycles. The van der Waals surface area contributed by atoms with E-state index < -0.39 is 0 Å². The molecule has 0 aromatic carbocycles. The van der Waals surface area contributed by atoms with Gasteiger partial charge in [0.2, 0.25) is 0 Å². The monoisotopic (exact) mass is 282 g/mol. The number of nitrogens with zero attached hydrogens (tertiary/aromatic N) is 1. The van der Waals surface area contributed by atoms with E-state index in [0.29, 0.717) is 6.10 Å². The van der Waals surface area contributed by atoms with Crippen LogP contribution in [0.2, 0.25) is 0 Å². The molecule has 2 N–H and O–H groups in total. The molecule has 0 bridgehead atoms. The summed E-state index contributed by atoms with van der Waals surface area (Å²) >= 11 is 0. The van der Waals surface area contributed by atoms with Gasteiger partial charge in [-0.2, -0.15) is 0 Å². The fourth-order valence-corrected chi connectivity index (χ4v) is 2.93. The molecule has 1 rings (SSSR count). The zero-order chi connectivity index (χ0) is 14.6. The van der Waals surface area contributed by atoms with Gasteiger partial charge in [0.1, 0.15) is 0 Å². The molecule has 3 heteroatoms. The van der Waals surface area contributed by atoms with Crippen LogP contribution < -0.4 is 5.73 Å². The van der Waals surface area contributed by atoms with E-state index in [-0.39, 0.29) is 0 Å². The van der Waals surface area contributed by atoms with Crippen molar-refractivity contribution in [1.82, 2.24) is 4.90 Å². The minimum Gasteiger partial charge on any atom is -0.378 e. The van der Waals surface area contributed by atoms with E-state index in [9.17, 15) is 0 Å². The molecule has 0 amide bonds. The van der Waals surface area contributed by atoms with E-state index in [0.717, 1.165) is 25.6 Å². The highest BCUT2D eigenvalue weighted by Gasteiger charge is 2.20. The van der Waals surface area contributed by atoms with Crippen molar-refractivity contribution in [2.75, 3.05) is 33.3 Å². The van der Waals surface area contributed by atoms with Gasteiger partial charge in [-0.25, -0.2) is 0 Å². The first-order valence-electron chi connectivity index (χ1n) is 8.37. The smallest absolute Gasteiger partial charge is 0.0575 e. The Kier molecular flexibility index (Phi) is 9.98. The number of hydrogen-bond donors (Lipinski definition) is 1. The molecule has 0 aromatic heterocycles. The highest BCUT2D eigenvalue weighted by atomic mass is 16.5. The van der Waals surface area contributed by atoms with Crippen LogP contribution in [0, 0.1) is 5.92 Å². The third-order valence-electron chi connectivity index (χ3n) is 4.36. The van der Waals surface area contributed by atoms with Gasteiger partial charge in [-0.15, -0.1) is 6.58 Å². The molecule has 0 spiro atoms. The number of likely N-dealkylation sites (N-methyl/N-ethyl adjacent to an activating group) is 1. The lowest BCUT2D eigenvalue weighted by Gasteiger charge is -2.27. The van der Waals surface area contributed by atoms with Gasteiger partial charge in [-0.05, 0) is 64.6 Å². The zero-order valence-electron chi connectivity index (χ0n) is 13.4. The lowest BCUT2D eigenvalue weighted by molar-refractivity contribution is 0.0170. The molecular formula is C17H34N2O. The second-order valence-electron chi connectivity index (χ2n) is 6.21. The molecule has 0 unspecified atom stereocenters. The molecular weight excluding hydrogens is 248 g/mol. The van der Waals surface area contributed by atoms with E-state index in [4.69, 9.17) is 10.5 Å². The number of nitrogens with two attached hydrogens (primary N) is 1. The predicted molar refractivity (Wildman–Crippen MR) is 86.9 cm³/mol. The zero-order valence-corrected chi connectivity index (χ0v) is 13.4. The number of rotatable bonds is 11. The largest absolute Gasteiger partial charge is 0.378 e. The summed E-state index contributed by atoms with van der Waals surface area (Å²) in [7, 11) is 2.16. The van der Waals surface area contributed by atoms with Crippen molar-refractivity contribution in [2.24, 2.45) is 11.7 Å². The lowest BCUT2D eigenvalue weighted by atomic mass is 9.87. The van der Waals surface area contributed by atoms with E-state index in [1.165, 1.54) is 57.9 Å². The lowest BCUT2D eigenvalue weighted by Crippen LogP contribution is -2.26. The minimum atomic E-state index is 0.511. The average Bonchev–Trinajstić information content (AvgIpc) is 2.47. The van der Waals surface area contributed by atoms with Crippen LogP contribution in [0.1, 0.15) is 51.4 Å². The average molecular weight is 282 g/mol. The third-order valence-corrected chi connectivity index (χ3v) is 4.36. The molecule has 1 aliphatic carbocycles. The summed E-state index contributed by atoms with van der Waals surface area (Å²) in [4.78, 5) is 2.32. The maximum Gasteiger partial charge on any atom is 0.0575 e. The Bertz CT molecular complexity index is 237. The number of unbranched alkanes of at least 4 members (excludes halogenated alkanes) is 3.